The number of aromatic nitrogens is 4. The summed E-state index contributed by atoms with van der Waals surface area (Å²) in [5, 5.41) is 9.97. The van der Waals surface area contributed by atoms with E-state index in [-0.39, 0.29) is 22.5 Å². The van der Waals surface area contributed by atoms with Crippen LogP contribution in [0.25, 0.3) is 11.0 Å². The highest BCUT2D eigenvalue weighted by Crippen LogP contribution is 2.22. The molecule has 3 aromatic heterocycles. The molecule has 4 rings (SSSR count). The molecular weight excluding hydrogens is 502 g/mol. The van der Waals surface area contributed by atoms with E-state index < -0.39 is 11.7 Å². The Hall–Kier alpha value is -2.79. The minimum atomic E-state index is -0.514. The van der Waals surface area contributed by atoms with Gasteiger partial charge in [0.2, 0.25) is 0 Å². The van der Waals surface area contributed by atoms with Crippen molar-refractivity contribution in [3.63, 3.8) is 0 Å². The largest absolute Gasteiger partial charge is 0.347 e. The zero-order valence-electron chi connectivity index (χ0n) is 16.3. The van der Waals surface area contributed by atoms with Crippen LogP contribution in [0.15, 0.2) is 41.4 Å². The van der Waals surface area contributed by atoms with E-state index in [1.165, 1.54) is 40.5 Å². The fourth-order valence-electron chi connectivity index (χ4n) is 2.63. The highest BCUT2D eigenvalue weighted by Gasteiger charge is 2.19. The van der Waals surface area contributed by atoms with Crippen molar-refractivity contribution in [2.24, 2.45) is 7.05 Å². The van der Waals surface area contributed by atoms with Crippen LogP contribution in [0.4, 0.5) is 10.2 Å². The Morgan fingerprint density at radius 1 is 1.25 bits per heavy atom. The molecule has 0 aliphatic carbocycles. The van der Waals surface area contributed by atoms with Crippen LogP contribution < -0.4 is 10.2 Å². The van der Waals surface area contributed by atoms with Gasteiger partial charge in [0.15, 0.2) is 11.5 Å². The molecule has 32 heavy (non-hydrogen) atoms. The topological polar surface area (TPSA) is 102 Å². The molecule has 0 radical (unpaired) electrons. The Morgan fingerprint density at radius 2 is 2.03 bits per heavy atom. The molecule has 0 aliphatic heterocycles. The summed E-state index contributed by atoms with van der Waals surface area (Å²) in [6.45, 7) is 0.169. The lowest BCUT2D eigenvalue weighted by atomic mass is 10.2. The van der Waals surface area contributed by atoms with E-state index >= 15 is 0 Å². The summed E-state index contributed by atoms with van der Waals surface area (Å²) < 4.78 is 14.6. The van der Waals surface area contributed by atoms with Gasteiger partial charge in [-0.15, -0.1) is 0 Å². The number of rotatable bonds is 5. The summed E-state index contributed by atoms with van der Waals surface area (Å²) in [7, 11) is 1.65. The van der Waals surface area contributed by atoms with E-state index in [0.29, 0.717) is 28.0 Å². The highest BCUT2D eigenvalue weighted by molar-refractivity contribution is 7.08. The number of thiophene rings is 1. The SMILES string of the molecule is Cn1nc(NCl)c2ncnc(C(=O)NCc3ccc(F)c(Cl)c3)c21.O=C(Cl)c1ccsc1. The number of fused-ring (bicyclic) bond motifs is 1. The van der Waals surface area contributed by atoms with Crippen LogP contribution in [0, 0.1) is 5.82 Å². The van der Waals surface area contributed by atoms with E-state index in [1.54, 1.807) is 18.5 Å². The zero-order chi connectivity index (χ0) is 23.3. The molecule has 1 amide bonds. The molecule has 4 aromatic rings. The maximum Gasteiger partial charge on any atom is 0.272 e. The molecule has 1 aromatic carbocycles. The van der Waals surface area contributed by atoms with E-state index in [1.807, 2.05) is 5.38 Å². The lowest BCUT2D eigenvalue weighted by Gasteiger charge is -2.07. The van der Waals surface area contributed by atoms with Crippen molar-refractivity contribution in [1.29, 1.82) is 0 Å². The van der Waals surface area contributed by atoms with Gasteiger partial charge < -0.3 is 5.32 Å². The fraction of sp³-hybridized carbons (Fsp3) is 0.105. The molecule has 0 bridgehead atoms. The van der Waals surface area contributed by atoms with Crippen molar-refractivity contribution in [3.05, 3.63) is 69.0 Å². The summed E-state index contributed by atoms with van der Waals surface area (Å²) in [5.74, 6) is -0.608. The molecule has 166 valence electrons. The first-order chi connectivity index (χ1) is 15.3. The number of carbonyl (C=O) groups is 2. The third-order valence-electron chi connectivity index (χ3n) is 4.11. The Morgan fingerprint density at radius 3 is 2.62 bits per heavy atom. The van der Waals surface area contributed by atoms with Crippen LogP contribution in [-0.4, -0.2) is 30.9 Å². The van der Waals surface area contributed by atoms with Crippen LogP contribution in [0.5, 0.6) is 0 Å². The van der Waals surface area contributed by atoms with Crippen molar-refractivity contribution < 1.29 is 14.0 Å². The molecule has 3 heterocycles. The fourth-order valence-corrected chi connectivity index (χ4v) is 3.78. The number of hydrogen-bond donors (Lipinski definition) is 2. The van der Waals surface area contributed by atoms with Gasteiger partial charge in [-0.25, -0.2) is 14.4 Å². The smallest absolute Gasteiger partial charge is 0.272 e. The van der Waals surface area contributed by atoms with Crippen molar-refractivity contribution >= 4 is 74.3 Å². The molecule has 0 saturated carbocycles. The summed E-state index contributed by atoms with van der Waals surface area (Å²) in [4.78, 5) is 33.2. The van der Waals surface area contributed by atoms with Gasteiger partial charge >= 0.3 is 0 Å². The highest BCUT2D eigenvalue weighted by atomic mass is 35.5. The first kappa shape index (κ1) is 23.9. The van der Waals surface area contributed by atoms with E-state index in [4.69, 9.17) is 35.0 Å². The Kier molecular flexibility index (Phi) is 7.97. The standard InChI is InChI=1S/C14H11Cl2FN6O.C5H3ClOS/c1-23-12-10(13(21-16)22-23)19-6-20-11(12)14(24)18-5-7-2-3-9(17)8(15)4-7;6-5(7)4-1-2-8-3-4/h2-4,6H,5H2,1H3,(H,18,24)(H,21,22);1-3H. The molecule has 2 N–H and O–H groups in total. The summed E-state index contributed by atoms with van der Waals surface area (Å²) in [6, 6.07) is 5.93. The number of carbonyl (C=O) groups excluding carboxylic acids is 2. The Labute approximate surface area is 200 Å². The van der Waals surface area contributed by atoms with Crippen molar-refractivity contribution in [2.45, 2.75) is 6.54 Å². The monoisotopic (exact) mass is 514 g/mol. The van der Waals surface area contributed by atoms with Crippen molar-refractivity contribution in [2.75, 3.05) is 4.84 Å². The average molecular weight is 516 g/mol. The van der Waals surface area contributed by atoms with Crippen LogP contribution in [0.2, 0.25) is 5.02 Å². The third kappa shape index (κ3) is 5.52. The predicted octanol–water partition coefficient (Wildman–Crippen LogP) is 4.78. The zero-order valence-corrected chi connectivity index (χ0v) is 19.4. The van der Waals surface area contributed by atoms with Crippen molar-refractivity contribution in [1.82, 2.24) is 25.1 Å². The van der Waals surface area contributed by atoms with Crippen LogP contribution in [0.1, 0.15) is 26.4 Å². The number of nitrogens with one attached hydrogen (secondary N) is 2. The number of anilines is 1. The molecule has 0 atom stereocenters. The Bertz CT molecular complexity index is 1270. The molecule has 0 spiro atoms. The summed E-state index contributed by atoms with van der Waals surface area (Å²) in [6.07, 6.45) is 1.26. The second-order valence-corrected chi connectivity index (χ2v) is 7.92. The second kappa shape index (κ2) is 10.7. The van der Waals surface area contributed by atoms with Crippen LogP contribution >= 0.6 is 46.3 Å². The maximum atomic E-state index is 13.2. The van der Waals surface area contributed by atoms with Crippen molar-refractivity contribution in [3.8, 4) is 0 Å². The molecule has 0 fully saturated rings. The van der Waals surface area contributed by atoms with Gasteiger partial charge in [-0.1, -0.05) is 17.7 Å². The van der Waals surface area contributed by atoms with Crippen LogP contribution in [0.3, 0.4) is 0 Å². The molecule has 0 saturated heterocycles. The average Bonchev–Trinajstić information content (AvgIpc) is 3.43. The summed E-state index contributed by atoms with van der Waals surface area (Å²) >= 11 is 17.9. The molecular formula is C19H14Cl3FN6O2S. The first-order valence-corrected chi connectivity index (χ1v) is 10.9. The third-order valence-corrected chi connectivity index (χ3v) is 5.48. The molecule has 0 aliphatic rings. The lowest BCUT2D eigenvalue weighted by Crippen LogP contribution is -2.24. The molecule has 0 unspecified atom stereocenters. The molecule has 13 heteroatoms. The lowest BCUT2D eigenvalue weighted by molar-refractivity contribution is 0.0946. The maximum absolute atomic E-state index is 13.2. The van der Waals surface area contributed by atoms with Gasteiger partial charge in [0.05, 0.1) is 5.02 Å². The van der Waals surface area contributed by atoms with Gasteiger partial charge in [-0.05, 0) is 40.7 Å². The van der Waals surface area contributed by atoms with Gasteiger partial charge in [0, 0.05) is 36.3 Å². The van der Waals surface area contributed by atoms with E-state index in [0.717, 1.165) is 0 Å². The Balaban J connectivity index is 0.000000305. The van der Waals surface area contributed by atoms with Crippen LogP contribution in [-0.2, 0) is 13.6 Å². The minimum Gasteiger partial charge on any atom is -0.347 e. The van der Waals surface area contributed by atoms with Gasteiger partial charge in [-0.3, -0.25) is 19.1 Å². The minimum absolute atomic E-state index is 0.00404. The second-order valence-electron chi connectivity index (χ2n) is 6.20. The van der Waals surface area contributed by atoms with Gasteiger partial charge in [0.1, 0.15) is 23.2 Å². The number of amides is 1. The number of benzene rings is 1. The predicted molar refractivity (Wildman–Crippen MR) is 123 cm³/mol. The van der Waals surface area contributed by atoms with E-state index in [2.05, 4.69) is 25.2 Å². The number of aryl methyl sites for hydroxylation is 1. The van der Waals surface area contributed by atoms with Gasteiger partial charge in [0.25, 0.3) is 11.1 Å². The quantitative estimate of drug-likeness (QED) is 0.293. The number of nitrogens with zero attached hydrogens (tertiary/aromatic N) is 4. The van der Waals surface area contributed by atoms with E-state index in [9.17, 15) is 14.0 Å². The molecule has 8 nitrogen and oxygen atoms in total. The normalized spacial score (nSPS) is 10.4. The first-order valence-electron chi connectivity index (χ1n) is 8.80. The number of halogens is 4. The van der Waals surface area contributed by atoms with Gasteiger partial charge in [-0.2, -0.15) is 16.4 Å². The summed E-state index contributed by atoms with van der Waals surface area (Å²) in [5.41, 5.74) is 2.26. The number of hydrogen-bond acceptors (Lipinski definition) is 7.